The minimum Gasteiger partial charge on any atom is -0.493 e. The minimum atomic E-state index is -0.0125. The summed E-state index contributed by atoms with van der Waals surface area (Å²) in [6.45, 7) is 4.85. The summed E-state index contributed by atoms with van der Waals surface area (Å²) in [7, 11) is 0. The number of ether oxygens (including phenoxy) is 2. The molecule has 0 fully saturated rings. The van der Waals surface area contributed by atoms with Gasteiger partial charge in [-0.2, -0.15) is 0 Å². The Morgan fingerprint density at radius 3 is 2.74 bits per heavy atom. The van der Waals surface area contributed by atoms with E-state index in [-0.39, 0.29) is 42.5 Å². The minimum absolute atomic E-state index is 0. The topological polar surface area (TPSA) is 75.2 Å². The molecule has 1 atom stereocenters. The van der Waals surface area contributed by atoms with Gasteiger partial charge in [0.1, 0.15) is 11.5 Å². The summed E-state index contributed by atoms with van der Waals surface area (Å²) >= 11 is 0. The molecule has 166 valence electrons. The molecule has 1 amide bonds. The van der Waals surface area contributed by atoms with Crippen molar-refractivity contribution in [1.82, 2.24) is 10.6 Å². The molecule has 0 saturated heterocycles. The van der Waals surface area contributed by atoms with Crippen molar-refractivity contribution in [3.8, 4) is 11.5 Å². The van der Waals surface area contributed by atoms with Gasteiger partial charge in [-0.05, 0) is 31.5 Å². The van der Waals surface area contributed by atoms with Crippen molar-refractivity contribution < 1.29 is 14.3 Å². The van der Waals surface area contributed by atoms with E-state index in [2.05, 4.69) is 23.6 Å². The largest absolute Gasteiger partial charge is 0.493 e. The molecule has 8 heteroatoms. The Labute approximate surface area is 200 Å². The molecular formula is C23H29IN4O3. The number of hydrogen-bond donors (Lipinski definition) is 2. The highest BCUT2D eigenvalue weighted by Crippen LogP contribution is 2.32. The molecule has 2 N–H and O–H groups in total. The number of nitrogens with zero attached hydrogens (tertiary/aromatic N) is 2. The number of para-hydroxylation sites is 3. The number of guanidine groups is 1. The quantitative estimate of drug-likeness (QED) is 0.256. The first-order valence-electron chi connectivity index (χ1n) is 10.5. The molecule has 31 heavy (non-hydrogen) atoms. The fourth-order valence-corrected chi connectivity index (χ4v) is 3.80. The number of nitrogens with one attached hydrogen (secondary N) is 2. The van der Waals surface area contributed by atoms with Crippen molar-refractivity contribution in [2.24, 2.45) is 4.99 Å². The van der Waals surface area contributed by atoms with Crippen LogP contribution in [0.5, 0.6) is 11.5 Å². The van der Waals surface area contributed by atoms with Crippen molar-refractivity contribution in [2.45, 2.75) is 25.8 Å². The zero-order valence-corrected chi connectivity index (χ0v) is 20.0. The van der Waals surface area contributed by atoms with Crippen molar-refractivity contribution in [3.63, 3.8) is 0 Å². The van der Waals surface area contributed by atoms with Crippen molar-refractivity contribution in [3.05, 3.63) is 54.1 Å². The standard InChI is InChI=1S/C23H28N4O3.HI/c1-2-24-23(26-18-12-15-29-20-10-5-3-8-17(18)20)25-13-7-14-27-19-9-4-6-11-21(19)30-16-22(27)28;/h3-6,8-11,18H,2,7,12-16H2,1H3,(H2,24,25,26);1H. The maximum atomic E-state index is 12.3. The van der Waals surface area contributed by atoms with Crippen LogP contribution in [-0.2, 0) is 4.79 Å². The Morgan fingerprint density at radius 2 is 1.90 bits per heavy atom. The number of hydrogen-bond acceptors (Lipinski definition) is 4. The van der Waals surface area contributed by atoms with Crippen LogP contribution in [0.3, 0.4) is 0 Å². The van der Waals surface area contributed by atoms with E-state index in [0.29, 0.717) is 19.7 Å². The third-order valence-corrected chi connectivity index (χ3v) is 5.23. The monoisotopic (exact) mass is 536 g/mol. The van der Waals surface area contributed by atoms with Gasteiger partial charge < -0.3 is 25.0 Å². The van der Waals surface area contributed by atoms with Crippen LogP contribution in [-0.4, -0.2) is 44.7 Å². The Morgan fingerprint density at radius 1 is 1.13 bits per heavy atom. The zero-order chi connectivity index (χ0) is 20.8. The molecule has 0 radical (unpaired) electrons. The second-order valence-corrected chi connectivity index (χ2v) is 7.29. The van der Waals surface area contributed by atoms with E-state index in [0.717, 1.165) is 48.1 Å². The molecular weight excluding hydrogens is 507 g/mol. The molecule has 7 nitrogen and oxygen atoms in total. The molecule has 2 heterocycles. The fourth-order valence-electron chi connectivity index (χ4n) is 3.80. The predicted octanol–water partition coefficient (Wildman–Crippen LogP) is 3.50. The Bertz CT molecular complexity index is 921. The summed E-state index contributed by atoms with van der Waals surface area (Å²) in [5.41, 5.74) is 1.99. The van der Waals surface area contributed by atoms with Gasteiger partial charge in [0, 0.05) is 31.6 Å². The third kappa shape index (κ3) is 5.61. The number of benzene rings is 2. The van der Waals surface area contributed by atoms with E-state index < -0.39 is 0 Å². The number of amides is 1. The van der Waals surface area contributed by atoms with E-state index >= 15 is 0 Å². The number of halogens is 1. The number of fused-ring (bicyclic) bond motifs is 2. The first-order chi connectivity index (χ1) is 14.8. The van der Waals surface area contributed by atoms with Crippen LogP contribution in [0.15, 0.2) is 53.5 Å². The lowest BCUT2D eigenvalue weighted by Gasteiger charge is -2.29. The van der Waals surface area contributed by atoms with Crippen LogP contribution >= 0.6 is 24.0 Å². The van der Waals surface area contributed by atoms with Crippen LogP contribution in [0.2, 0.25) is 0 Å². The Balaban J connectivity index is 0.00000272. The van der Waals surface area contributed by atoms with Gasteiger partial charge in [-0.3, -0.25) is 9.79 Å². The molecule has 0 spiro atoms. The van der Waals surface area contributed by atoms with E-state index in [1.165, 1.54) is 0 Å². The molecule has 4 rings (SSSR count). The highest BCUT2D eigenvalue weighted by Gasteiger charge is 2.25. The highest BCUT2D eigenvalue weighted by atomic mass is 127. The third-order valence-electron chi connectivity index (χ3n) is 5.23. The summed E-state index contributed by atoms with van der Waals surface area (Å²) in [4.78, 5) is 18.8. The van der Waals surface area contributed by atoms with E-state index in [4.69, 9.17) is 14.5 Å². The zero-order valence-electron chi connectivity index (χ0n) is 17.7. The second-order valence-electron chi connectivity index (χ2n) is 7.29. The number of aliphatic imine (C=N–C) groups is 1. The van der Waals surface area contributed by atoms with Crippen LogP contribution in [0.25, 0.3) is 0 Å². The molecule has 2 aliphatic heterocycles. The van der Waals surface area contributed by atoms with E-state index in [1.54, 1.807) is 4.90 Å². The Kier molecular flexibility index (Phi) is 8.39. The van der Waals surface area contributed by atoms with Crippen molar-refractivity contribution in [2.75, 3.05) is 37.7 Å². The van der Waals surface area contributed by atoms with Gasteiger partial charge in [0.2, 0.25) is 0 Å². The van der Waals surface area contributed by atoms with Gasteiger partial charge in [-0.1, -0.05) is 30.3 Å². The second kappa shape index (κ2) is 11.2. The summed E-state index contributed by atoms with van der Waals surface area (Å²) in [6.07, 6.45) is 1.65. The predicted molar refractivity (Wildman–Crippen MR) is 133 cm³/mol. The summed E-state index contributed by atoms with van der Waals surface area (Å²) in [5, 5.41) is 6.86. The first kappa shape index (κ1) is 23.2. The lowest BCUT2D eigenvalue weighted by atomic mass is 10.0. The maximum Gasteiger partial charge on any atom is 0.265 e. The van der Waals surface area contributed by atoms with Gasteiger partial charge in [0.25, 0.3) is 5.91 Å². The molecule has 2 aliphatic rings. The number of rotatable bonds is 6. The van der Waals surface area contributed by atoms with Crippen LogP contribution in [0.1, 0.15) is 31.4 Å². The summed E-state index contributed by atoms with van der Waals surface area (Å²) in [5.74, 6) is 2.46. The lowest BCUT2D eigenvalue weighted by Crippen LogP contribution is -2.41. The van der Waals surface area contributed by atoms with Gasteiger partial charge >= 0.3 is 0 Å². The number of anilines is 1. The number of carbonyl (C=O) groups excluding carboxylic acids is 1. The molecule has 2 aromatic rings. The van der Waals surface area contributed by atoms with Crippen molar-refractivity contribution >= 4 is 41.5 Å². The van der Waals surface area contributed by atoms with Crippen molar-refractivity contribution in [1.29, 1.82) is 0 Å². The average molecular weight is 536 g/mol. The molecule has 1 unspecified atom stereocenters. The van der Waals surface area contributed by atoms with Gasteiger partial charge in [-0.25, -0.2) is 0 Å². The molecule has 0 saturated carbocycles. The van der Waals surface area contributed by atoms with E-state index in [1.807, 2.05) is 42.5 Å². The maximum absolute atomic E-state index is 12.3. The SMILES string of the molecule is CCNC(=NCCCN1C(=O)COc2ccccc21)NC1CCOc2ccccc21.I. The number of carbonyl (C=O) groups is 1. The van der Waals surface area contributed by atoms with Gasteiger partial charge in [0.05, 0.1) is 18.3 Å². The van der Waals surface area contributed by atoms with E-state index in [9.17, 15) is 4.79 Å². The molecule has 0 bridgehead atoms. The summed E-state index contributed by atoms with van der Waals surface area (Å²) < 4.78 is 11.3. The van der Waals surface area contributed by atoms with Crippen LogP contribution in [0, 0.1) is 0 Å². The normalized spacial score (nSPS) is 17.5. The van der Waals surface area contributed by atoms with Crippen LogP contribution in [0.4, 0.5) is 5.69 Å². The lowest BCUT2D eigenvalue weighted by molar-refractivity contribution is -0.121. The average Bonchev–Trinajstić information content (AvgIpc) is 2.78. The van der Waals surface area contributed by atoms with Gasteiger partial charge in [0.15, 0.2) is 12.6 Å². The summed E-state index contributed by atoms with van der Waals surface area (Å²) in [6, 6.07) is 15.9. The molecule has 2 aromatic carbocycles. The highest BCUT2D eigenvalue weighted by molar-refractivity contribution is 14.0. The van der Waals surface area contributed by atoms with Crippen LogP contribution < -0.4 is 25.0 Å². The van der Waals surface area contributed by atoms with Gasteiger partial charge in [-0.15, -0.1) is 24.0 Å². The molecule has 0 aliphatic carbocycles. The smallest absolute Gasteiger partial charge is 0.265 e. The first-order valence-corrected chi connectivity index (χ1v) is 10.5. The fraction of sp³-hybridized carbons (Fsp3) is 0.391. The molecule has 0 aromatic heterocycles. The Hall–Kier alpha value is -2.49.